The van der Waals surface area contributed by atoms with Gasteiger partial charge in [0.25, 0.3) is 0 Å². The molecule has 0 amide bonds. The standard InChI is InChI=1S/Cl2S.H3O4P/c1-3-2;1-5(2,3)4/h;(H3,1,2,3,4). The Hall–Kier alpha value is 1.04. The molecule has 0 fully saturated rings. The highest BCUT2D eigenvalue weighted by Crippen LogP contribution is 2.25. The van der Waals surface area contributed by atoms with Crippen molar-refractivity contribution >= 4 is 39.4 Å². The van der Waals surface area contributed by atoms with Crippen LogP contribution >= 0.6 is 39.4 Å². The van der Waals surface area contributed by atoms with Crippen LogP contribution in [0.2, 0.25) is 0 Å². The highest BCUT2D eigenvalue weighted by molar-refractivity contribution is 8.38. The van der Waals surface area contributed by atoms with Crippen LogP contribution in [0.1, 0.15) is 0 Å². The van der Waals surface area contributed by atoms with Crippen LogP contribution in [0.3, 0.4) is 0 Å². The molecule has 0 saturated heterocycles. The van der Waals surface area contributed by atoms with Crippen LogP contribution in [-0.2, 0) is 4.57 Å². The van der Waals surface area contributed by atoms with Crippen LogP contribution < -0.4 is 0 Å². The maximum absolute atomic E-state index is 8.88. The summed E-state index contributed by atoms with van der Waals surface area (Å²) in [4.78, 5) is 21.6. The third kappa shape index (κ3) is 237. The molecule has 0 aliphatic heterocycles. The van der Waals surface area contributed by atoms with Crippen molar-refractivity contribution in [2.45, 2.75) is 0 Å². The Labute approximate surface area is 59.0 Å². The van der Waals surface area contributed by atoms with E-state index < -0.39 is 7.82 Å². The molecule has 8 heavy (non-hydrogen) atoms. The summed E-state index contributed by atoms with van der Waals surface area (Å²) in [6.45, 7) is 0. The normalized spacial score (nSPS) is 9.62. The molecular weight excluding hydrogens is 198 g/mol. The first-order valence-electron chi connectivity index (χ1n) is 1.09. The van der Waals surface area contributed by atoms with Crippen molar-refractivity contribution in [3.05, 3.63) is 0 Å². The van der Waals surface area contributed by atoms with Gasteiger partial charge in [0.15, 0.2) is 0 Å². The molecular formula is H3Cl2O4PS. The molecule has 0 aromatic heterocycles. The summed E-state index contributed by atoms with van der Waals surface area (Å²) in [6, 6.07) is 0. The van der Waals surface area contributed by atoms with E-state index in [1.165, 1.54) is 0 Å². The fraction of sp³-hybridized carbons (Fsp3) is 0. The van der Waals surface area contributed by atoms with E-state index in [1.54, 1.807) is 0 Å². The molecule has 4 nitrogen and oxygen atoms in total. The van der Waals surface area contributed by atoms with Gasteiger partial charge in [0, 0.05) is 0 Å². The third-order valence-corrected chi connectivity index (χ3v) is 0. The van der Waals surface area contributed by atoms with E-state index in [1.807, 2.05) is 0 Å². The Morgan fingerprint density at radius 1 is 1.25 bits per heavy atom. The second-order valence-electron chi connectivity index (χ2n) is 0.572. The van der Waals surface area contributed by atoms with E-state index in [0.717, 1.165) is 0 Å². The van der Waals surface area contributed by atoms with E-state index in [2.05, 4.69) is 21.4 Å². The minimum absolute atomic E-state index is 0.694. The van der Waals surface area contributed by atoms with Gasteiger partial charge in [-0.05, 0) is 21.4 Å². The quantitative estimate of drug-likeness (QED) is 0.511. The number of hydrogen-bond donors (Lipinski definition) is 3. The monoisotopic (exact) mass is 200 g/mol. The lowest BCUT2D eigenvalue weighted by atomic mass is 15.8. The molecule has 0 rings (SSSR count). The van der Waals surface area contributed by atoms with E-state index in [4.69, 9.17) is 19.2 Å². The molecule has 0 heterocycles. The largest absolute Gasteiger partial charge is 0.466 e. The van der Waals surface area contributed by atoms with Gasteiger partial charge in [-0.25, -0.2) is 4.57 Å². The van der Waals surface area contributed by atoms with Crippen LogP contribution in [-0.4, -0.2) is 14.7 Å². The summed E-state index contributed by atoms with van der Waals surface area (Å²) in [6.07, 6.45) is 0. The predicted molar refractivity (Wildman–Crippen MR) is 33.6 cm³/mol. The maximum atomic E-state index is 8.88. The average molecular weight is 201 g/mol. The van der Waals surface area contributed by atoms with Gasteiger partial charge >= 0.3 is 7.82 Å². The SMILES string of the molecule is ClSCl.O=P(O)(O)O. The predicted octanol–water partition coefficient (Wildman–Crippen LogP) is 1.10. The zero-order chi connectivity index (χ0) is 7.21. The van der Waals surface area contributed by atoms with Crippen LogP contribution in [0, 0.1) is 0 Å². The van der Waals surface area contributed by atoms with Crippen molar-refractivity contribution in [2.24, 2.45) is 0 Å². The molecule has 52 valence electrons. The number of hydrogen-bond acceptors (Lipinski definition) is 2. The lowest BCUT2D eigenvalue weighted by molar-refractivity contribution is 0.275. The molecule has 0 unspecified atom stereocenters. The van der Waals surface area contributed by atoms with Crippen molar-refractivity contribution in [2.75, 3.05) is 0 Å². The Morgan fingerprint density at radius 2 is 1.25 bits per heavy atom. The van der Waals surface area contributed by atoms with Crippen LogP contribution in [0.25, 0.3) is 0 Å². The summed E-state index contributed by atoms with van der Waals surface area (Å²) < 4.78 is 8.88. The molecule has 0 bridgehead atoms. The van der Waals surface area contributed by atoms with Gasteiger partial charge in [0.2, 0.25) is 0 Å². The second-order valence-corrected chi connectivity index (χ2v) is 3.11. The van der Waals surface area contributed by atoms with Crippen molar-refractivity contribution < 1.29 is 19.2 Å². The minimum atomic E-state index is -4.64. The number of halogens is 2. The average Bonchev–Trinajstić information content (AvgIpc) is 1.27. The molecule has 0 aliphatic rings. The summed E-state index contributed by atoms with van der Waals surface area (Å²) >= 11 is 0. The Bertz CT molecular complexity index is 69.8. The third-order valence-electron chi connectivity index (χ3n) is 0. The lowest BCUT2D eigenvalue weighted by Crippen LogP contribution is -1.66. The van der Waals surface area contributed by atoms with Crippen LogP contribution in [0.15, 0.2) is 0 Å². The van der Waals surface area contributed by atoms with Gasteiger partial charge in [-0.15, -0.1) is 0 Å². The summed E-state index contributed by atoms with van der Waals surface area (Å²) in [5.74, 6) is 0. The Balaban J connectivity index is 0. The zero-order valence-corrected chi connectivity index (χ0v) is 6.58. The first-order valence-corrected chi connectivity index (χ1v) is 5.13. The smallest absolute Gasteiger partial charge is 0.303 e. The van der Waals surface area contributed by atoms with Gasteiger partial charge in [-0.2, -0.15) is 0 Å². The highest BCUT2D eigenvalue weighted by atomic mass is 36.0. The second kappa shape index (κ2) is 6.16. The molecule has 0 aromatic carbocycles. The topological polar surface area (TPSA) is 77.8 Å². The first-order chi connectivity index (χ1) is 3.41. The van der Waals surface area contributed by atoms with Crippen LogP contribution in [0.5, 0.6) is 0 Å². The van der Waals surface area contributed by atoms with Crippen LogP contribution in [0.4, 0.5) is 0 Å². The first kappa shape index (κ1) is 11.8. The number of rotatable bonds is 0. The molecule has 3 N–H and O–H groups in total. The molecule has 0 atom stereocenters. The number of phosphoric acid groups is 1. The van der Waals surface area contributed by atoms with E-state index >= 15 is 0 Å². The van der Waals surface area contributed by atoms with Crippen molar-refractivity contribution in [3.8, 4) is 0 Å². The van der Waals surface area contributed by atoms with E-state index in [-0.39, 0.29) is 0 Å². The van der Waals surface area contributed by atoms with Crippen molar-refractivity contribution in [3.63, 3.8) is 0 Å². The van der Waals surface area contributed by atoms with Crippen molar-refractivity contribution in [1.82, 2.24) is 0 Å². The van der Waals surface area contributed by atoms with Gasteiger partial charge in [-0.1, -0.05) is 0 Å². The zero-order valence-electron chi connectivity index (χ0n) is 3.36. The molecule has 8 heteroatoms. The van der Waals surface area contributed by atoms with Gasteiger partial charge in [0.05, 0.1) is 10.2 Å². The van der Waals surface area contributed by atoms with Gasteiger partial charge in [-0.3, -0.25) is 0 Å². The Morgan fingerprint density at radius 3 is 1.25 bits per heavy atom. The highest BCUT2D eigenvalue weighted by Gasteiger charge is 2.00. The molecule has 0 saturated carbocycles. The molecule has 0 aromatic rings. The minimum Gasteiger partial charge on any atom is -0.303 e. The summed E-state index contributed by atoms with van der Waals surface area (Å²) in [5.41, 5.74) is 0. The summed E-state index contributed by atoms with van der Waals surface area (Å²) in [5, 5.41) is 0. The van der Waals surface area contributed by atoms with E-state index in [0.29, 0.717) is 10.2 Å². The fourth-order valence-corrected chi connectivity index (χ4v) is 0. The fourth-order valence-electron chi connectivity index (χ4n) is 0. The molecule has 0 aliphatic carbocycles. The molecule has 0 radical (unpaired) electrons. The van der Waals surface area contributed by atoms with Crippen molar-refractivity contribution in [1.29, 1.82) is 0 Å². The Kier molecular flexibility index (Phi) is 9.09. The molecule has 0 spiro atoms. The van der Waals surface area contributed by atoms with E-state index in [9.17, 15) is 0 Å². The lowest BCUT2D eigenvalue weighted by Gasteiger charge is -1.82. The maximum Gasteiger partial charge on any atom is 0.466 e. The summed E-state index contributed by atoms with van der Waals surface area (Å²) in [7, 11) is 5.42. The van der Waals surface area contributed by atoms with Gasteiger partial charge in [0.1, 0.15) is 0 Å². The van der Waals surface area contributed by atoms with Gasteiger partial charge < -0.3 is 14.7 Å².